The molecule has 2 rings (SSSR count). The summed E-state index contributed by atoms with van der Waals surface area (Å²) in [5.41, 5.74) is 2.03. The van der Waals surface area contributed by atoms with Gasteiger partial charge in [-0.05, 0) is 30.7 Å². The van der Waals surface area contributed by atoms with E-state index in [4.69, 9.17) is 23.2 Å². The predicted molar refractivity (Wildman–Crippen MR) is 99.3 cm³/mol. The molecular weight excluding hydrogens is 383 g/mol. The molecule has 0 aliphatic rings. The maximum Gasteiger partial charge on any atom is 0.244 e. The first kappa shape index (κ1) is 19.7. The molecule has 0 atom stereocenters. The van der Waals surface area contributed by atoms with Crippen LogP contribution in [0.2, 0.25) is 10.0 Å². The number of amides is 1. The van der Waals surface area contributed by atoms with Crippen molar-refractivity contribution >= 4 is 39.1 Å². The summed E-state index contributed by atoms with van der Waals surface area (Å²) in [4.78, 5) is 11.9. The Morgan fingerprint density at radius 3 is 2.56 bits per heavy atom. The number of nitrogens with one attached hydrogen (secondary N) is 1. The Morgan fingerprint density at radius 1 is 1.16 bits per heavy atom. The number of hydrogen-bond donors (Lipinski definition) is 1. The largest absolute Gasteiger partial charge is 0.351 e. The van der Waals surface area contributed by atoms with E-state index in [1.165, 1.54) is 25.2 Å². The third-order valence-electron chi connectivity index (χ3n) is 3.52. The number of hydrogen-bond acceptors (Lipinski definition) is 3. The van der Waals surface area contributed by atoms with Crippen molar-refractivity contribution in [1.82, 2.24) is 9.62 Å². The van der Waals surface area contributed by atoms with Gasteiger partial charge >= 0.3 is 0 Å². The Balaban J connectivity index is 2.03. The number of carbonyl (C=O) groups excluding carboxylic acids is 1. The highest BCUT2D eigenvalue weighted by Crippen LogP contribution is 2.27. The zero-order valence-electron chi connectivity index (χ0n) is 13.8. The monoisotopic (exact) mass is 400 g/mol. The van der Waals surface area contributed by atoms with Crippen LogP contribution in [-0.2, 0) is 21.4 Å². The summed E-state index contributed by atoms with van der Waals surface area (Å²) in [7, 11) is -2.60. The Bertz CT molecular complexity index is 885. The summed E-state index contributed by atoms with van der Waals surface area (Å²) in [6, 6.07) is 11.9. The zero-order valence-corrected chi connectivity index (χ0v) is 16.1. The molecule has 0 unspecified atom stereocenters. The molecule has 1 N–H and O–H groups in total. The highest BCUT2D eigenvalue weighted by Gasteiger charge is 2.25. The summed E-state index contributed by atoms with van der Waals surface area (Å²) in [6.45, 7) is 1.96. The molecule has 1 amide bonds. The molecule has 0 saturated carbocycles. The molecule has 134 valence electrons. The standard InChI is InChI=1S/C17H18Cl2N2O3S/c1-12-4-3-5-13(8-12)10-20-17(22)11-21(2)25(23,24)16-9-14(18)6-7-15(16)19/h3-9H,10-11H2,1-2H3,(H,20,22). The molecule has 2 aromatic carbocycles. The van der Waals surface area contributed by atoms with E-state index in [2.05, 4.69) is 5.32 Å². The summed E-state index contributed by atoms with van der Waals surface area (Å²) in [5.74, 6) is -0.411. The minimum Gasteiger partial charge on any atom is -0.351 e. The lowest BCUT2D eigenvalue weighted by Gasteiger charge is -2.18. The second-order valence-electron chi connectivity index (χ2n) is 5.60. The summed E-state index contributed by atoms with van der Waals surface area (Å²) in [5, 5.41) is 3.01. The van der Waals surface area contributed by atoms with Gasteiger partial charge in [0.1, 0.15) is 4.90 Å². The minimum atomic E-state index is -3.92. The van der Waals surface area contributed by atoms with Crippen molar-refractivity contribution in [1.29, 1.82) is 0 Å². The van der Waals surface area contributed by atoms with Crippen LogP contribution in [0.5, 0.6) is 0 Å². The molecule has 0 saturated heterocycles. The van der Waals surface area contributed by atoms with Gasteiger partial charge in [-0.2, -0.15) is 4.31 Å². The molecule has 25 heavy (non-hydrogen) atoms. The van der Waals surface area contributed by atoms with Crippen molar-refractivity contribution in [2.45, 2.75) is 18.4 Å². The zero-order chi connectivity index (χ0) is 18.6. The first-order valence-corrected chi connectivity index (χ1v) is 9.63. The Labute approximate surface area is 157 Å². The van der Waals surface area contributed by atoms with Gasteiger partial charge in [0.15, 0.2) is 0 Å². The van der Waals surface area contributed by atoms with Gasteiger partial charge in [0.25, 0.3) is 0 Å². The van der Waals surface area contributed by atoms with Crippen molar-refractivity contribution in [2.24, 2.45) is 0 Å². The Morgan fingerprint density at radius 2 is 1.88 bits per heavy atom. The highest BCUT2D eigenvalue weighted by atomic mass is 35.5. The number of nitrogens with zero attached hydrogens (tertiary/aromatic N) is 1. The van der Waals surface area contributed by atoms with Crippen LogP contribution in [0.25, 0.3) is 0 Å². The fraction of sp³-hybridized carbons (Fsp3) is 0.235. The molecule has 0 radical (unpaired) electrons. The number of rotatable bonds is 6. The van der Waals surface area contributed by atoms with Gasteiger partial charge in [0.2, 0.25) is 15.9 Å². The molecule has 0 aliphatic carbocycles. The SMILES string of the molecule is Cc1cccc(CNC(=O)CN(C)S(=O)(=O)c2cc(Cl)ccc2Cl)c1. The quantitative estimate of drug-likeness (QED) is 0.808. The summed E-state index contributed by atoms with van der Waals surface area (Å²) < 4.78 is 26.1. The first-order valence-electron chi connectivity index (χ1n) is 7.44. The lowest BCUT2D eigenvalue weighted by atomic mass is 10.1. The summed E-state index contributed by atoms with van der Waals surface area (Å²) in [6.07, 6.45) is 0. The van der Waals surface area contributed by atoms with E-state index in [0.717, 1.165) is 15.4 Å². The second-order valence-corrected chi connectivity index (χ2v) is 8.46. The van der Waals surface area contributed by atoms with Gasteiger partial charge in [0.05, 0.1) is 11.6 Å². The van der Waals surface area contributed by atoms with Gasteiger partial charge in [-0.1, -0.05) is 53.0 Å². The lowest BCUT2D eigenvalue weighted by molar-refractivity contribution is -0.121. The summed E-state index contributed by atoms with van der Waals surface area (Å²) >= 11 is 11.8. The Kier molecular flexibility index (Phi) is 6.46. The van der Waals surface area contributed by atoms with E-state index in [9.17, 15) is 13.2 Å². The smallest absolute Gasteiger partial charge is 0.244 e. The molecule has 2 aromatic rings. The molecule has 0 fully saturated rings. The van der Waals surface area contributed by atoms with Crippen molar-refractivity contribution < 1.29 is 13.2 Å². The Hall–Kier alpha value is -1.60. The third-order valence-corrected chi connectivity index (χ3v) is 6.04. The molecule has 8 heteroatoms. The third kappa shape index (κ3) is 5.19. The minimum absolute atomic E-state index is 0.0522. The van der Waals surface area contributed by atoms with Gasteiger partial charge in [-0.15, -0.1) is 0 Å². The number of halogens is 2. The molecule has 0 aromatic heterocycles. The predicted octanol–water partition coefficient (Wildman–Crippen LogP) is 3.24. The van der Waals surface area contributed by atoms with Crippen LogP contribution in [0.15, 0.2) is 47.4 Å². The van der Waals surface area contributed by atoms with E-state index < -0.39 is 15.9 Å². The number of aryl methyl sites for hydroxylation is 1. The maximum atomic E-state index is 12.6. The van der Waals surface area contributed by atoms with Crippen LogP contribution < -0.4 is 5.32 Å². The van der Waals surface area contributed by atoms with Gasteiger partial charge in [-0.3, -0.25) is 4.79 Å². The normalized spacial score (nSPS) is 11.6. The van der Waals surface area contributed by atoms with Crippen molar-refractivity contribution in [3.8, 4) is 0 Å². The van der Waals surface area contributed by atoms with Crippen LogP contribution >= 0.6 is 23.2 Å². The van der Waals surface area contributed by atoms with E-state index in [1.807, 2.05) is 31.2 Å². The number of benzene rings is 2. The molecule has 0 aliphatic heterocycles. The number of carbonyl (C=O) groups is 1. The number of sulfonamides is 1. The molecule has 0 heterocycles. The lowest BCUT2D eigenvalue weighted by Crippen LogP contribution is -2.38. The van der Waals surface area contributed by atoms with Gasteiger partial charge in [0, 0.05) is 18.6 Å². The molecule has 0 spiro atoms. The topological polar surface area (TPSA) is 66.5 Å². The molecular formula is C17H18Cl2N2O3S. The van der Waals surface area contributed by atoms with Gasteiger partial charge < -0.3 is 5.32 Å². The van der Waals surface area contributed by atoms with Crippen LogP contribution in [0.1, 0.15) is 11.1 Å². The van der Waals surface area contributed by atoms with Crippen molar-refractivity contribution in [2.75, 3.05) is 13.6 Å². The van der Waals surface area contributed by atoms with E-state index in [-0.39, 0.29) is 21.5 Å². The van der Waals surface area contributed by atoms with E-state index >= 15 is 0 Å². The van der Waals surface area contributed by atoms with Crippen LogP contribution in [-0.4, -0.2) is 32.2 Å². The van der Waals surface area contributed by atoms with Crippen molar-refractivity contribution in [3.05, 3.63) is 63.6 Å². The average Bonchev–Trinajstić information content (AvgIpc) is 2.55. The van der Waals surface area contributed by atoms with E-state index in [0.29, 0.717) is 6.54 Å². The first-order chi connectivity index (χ1) is 11.7. The van der Waals surface area contributed by atoms with Gasteiger partial charge in [-0.25, -0.2) is 8.42 Å². The molecule has 5 nitrogen and oxygen atoms in total. The number of likely N-dealkylation sites (N-methyl/N-ethyl adjacent to an activating group) is 1. The highest BCUT2D eigenvalue weighted by molar-refractivity contribution is 7.89. The fourth-order valence-corrected chi connectivity index (χ4v) is 4.07. The maximum absolute atomic E-state index is 12.6. The average molecular weight is 401 g/mol. The fourth-order valence-electron chi connectivity index (χ4n) is 2.21. The van der Waals surface area contributed by atoms with Crippen molar-refractivity contribution in [3.63, 3.8) is 0 Å². The molecule has 0 bridgehead atoms. The van der Waals surface area contributed by atoms with Crippen LogP contribution in [0.3, 0.4) is 0 Å². The second kappa shape index (κ2) is 8.19. The van der Waals surface area contributed by atoms with Crippen LogP contribution in [0.4, 0.5) is 0 Å². The van der Waals surface area contributed by atoms with Crippen LogP contribution in [0, 0.1) is 6.92 Å². The van der Waals surface area contributed by atoms with E-state index in [1.54, 1.807) is 0 Å².